The van der Waals surface area contributed by atoms with E-state index in [1.165, 1.54) is 0 Å². The van der Waals surface area contributed by atoms with Gasteiger partial charge in [-0.2, -0.15) is 0 Å². The quantitative estimate of drug-likeness (QED) is 0.293. The molecule has 0 unspecified atom stereocenters. The largest absolute Gasteiger partial charge is 0.444 e. The SMILES string of the molecule is C[C@@H]1Cc2nc(Br)sc2CN1C(=O)OC(C)(C)C.C[C@@H]1c2sc(Br)nc2CCN1C(=O)OC(C)(C)C. The molecule has 0 saturated carbocycles. The van der Waals surface area contributed by atoms with E-state index in [1.807, 2.05) is 55.4 Å². The third-order valence-corrected chi connectivity index (χ3v) is 8.73. The summed E-state index contributed by atoms with van der Waals surface area (Å²) in [6, 6.07) is 0.161. The van der Waals surface area contributed by atoms with E-state index in [1.54, 1.807) is 32.5 Å². The van der Waals surface area contributed by atoms with E-state index in [2.05, 4.69) is 41.8 Å². The molecule has 12 heteroatoms. The summed E-state index contributed by atoms with van der Waals surface area (Å²) in [5.41, 5.74) is 1.29. The van der Waals surface area contributed by atoms with Gasteiger partial charge in [-0.1, -0.05) is 0 Å². The molecule has 0 spiro atoms. The molecule has 0 aliphatic carbocycles. The first-order valence-electron chi connectivity index (χ1n) is 11.8. The molecular formula is C24H34Br2N4O4S2. The number of rotatable bonds is 0. The van der Waals surface area contributed by atoms with Crippen LogP contribution in [0.25, 0.3) is 0 Å². The van der Waals surface area contributed by atoms with Crippen molar-refractivity contribution in [1.29, 1.82) is 0 Å². The van der Waals surface area contributed by atoms with Gasteiger partial charge in [0.2, 0.25) is 0 Å². The standard InChI is InChI=1S/2C12H17BrN2O2S/c1-7-5-8-9(18-10(13)14-8)6-15(7)11(16)17-12(2,3)4;1-7-9-8(14-10(13)18-9)5-6-15(7)11(16)17-12(2,3)4/h2*7H,5-6H2,1-4H3/t2*7-/m11/s1. The van der Waals surface area contributed by atoms with Gasteiger partial charge in [-0.05, 0) is 87.2 Å². The fourth-order valence-electron chi connectivity index (χ4n) is 3.87. The highest BCUT2D eigenvalue weighted by atomic mass is 79.9. The number of fused-ring (bicyclic) bond motifs is 2. The maximum absolute atomic E-state index is 12.1. The topological polar surface area (TPSA) is 84.9 Å². The van der Waals surface area contributed by atoms with Crippen molar-refractivity contribution in [2.24, 2.45) is 0 Å². The lowest BCUT2D eigenvalue weighted by Crippen LogP contribution is -2.44. The monoisotopic (exact) mass is 664 g/mol. The molecular weight excluding hydrogens is 632 g/mol. The van der Waals surface area contributed by atoms with Crippen molar-refractivity contribution in [2.45, 2.75) is 98.1 Å². The summed E-state index contributed by atoms with van der Waals surface area (Å²) in [6.07, 6.45) is 1.09. The van der Waals surface area contributed by atoms with E-state index < -0.39 is 11.2 Å². The van der Waals surface area contributed by atoms with Gasteiger partial charge in [-0.3, -0.25) is 4.90 Å². The van der Waals surface area contributed by atoms with Gasteiger partial charge < -0.3 is 14.4 Å². The van der Waals surface area contributed by atoms with Crippen LogP contribution in [-0.4, -0.2) is 55.7 Å². The van der Waals surface area contributed by atoms with Gasteiger partial charge in [0.05, 0.1) is 28.9 Å². The molecule has 0 fully saturated rings. The van der Waals surface area contributed by atoms with Crippen LogP contribution in [0.4, 0.5) is 9.59 Å². The smallest absolute Gasteiger partial charge is 0.410 e. The molecule has 0 saturated heterocycles. The van der Waals surface area contributed by atoms with Crippen LogP contribution in [0.15, 0.2) is 7.83 Å². The second-order valence-corrected chi connectivity index (χ2v) is 15.5. The second kappa shape index (κ2) is 11.2. The summed E-state index contributed by atoms with van der Waals surface area (Å²) in [4.78, 5) is 38.9. The lowest BCUT2D eigenvalue weighted by molar-refractivity contribution is 0.0136. The van der Waals surface area contributed by atoms with Gasteiger partial charge in [0.15, 0.2) is 7.83 Å². The van der Waals surface area contributed by atoms with Crippen molar-refractivity contribution in [3.8, 4) is 0 Å². The Balaban J connectivity index is 0.000000201. The van der Waals surface area contributed by atoms with Gasteiger partial charge in [0.1, 0.15) is 11.2 Å². The molecule has 0 aromatic carbocycles. The van der Waals surface area contributed by atoms with Crippen LogP contribution in [0.3, 0.4) is 0 Å². The third-order valence-electron chi connectivity index (χ3n) is 5.48. The van der Waals surface area contributed by atoms with Gasteiger partial charge in [0, 0.05) is 30.3 Å². The Morgan fingerprint density at radius 3 is 2.00 bits per heavy atom. The molecule has 0 radical (unpaired) electrons. The Labute approximate surface area is 238 Å². The van der Waals surface area contributed by atoms with Gasteiger partial charge >= 0.3 is 12.2 Å². The number of hydrogen-bond acceptors (Lipinski definition) is 8. The minimum absolute atomic E-state index is 0.0346. The number of carbonyl (C=O) groups is 2. The summed E-state index contributed by atoms with van der Waals surface area (Å²) < 4.78 is 12.6. The average Bonchev–Trinajstić information content (AvgIpc) is 3.26. The number of thiazole rings is 2. The first-order valence-corrected chi connectivity index (χ1v) is 15.0. The molecule has 4 heterocycles. The van der Waals surface area contributed by atoms with Crippen LogP contribution in [0.2, 0.25) is 0 Å². The fraction of sp³-hybridized carbons (Fsp3) is 0.667. The zero-order chi connectivity index (χ0) is 27.0. The summed E-state index contributed by atoms with van der Waals surface area (Å²) >= 11 is 9.97. The minimum atomic E-state index is -0.453. The first kappa shape index (κ1) is 29.3. The zero-order valence-electron chi connectivity index (χ0n) is 22.0. The van der Waals surface area contributed by atoms with Crippen molar-refractivity contribution in [1.82, 2.24) is 19.8 Å². The Morgan fingerprint density at radius 2 is 1.42 bits per heavy atom. The minimum Gasteiger partial charge on any atom is -0.444 e. The molecule has 200 valence electrons. The van der Waals surface area contributed by atoms with Crippen LogP contribution in [0.5, 0.6) is 0 Å². The number of hydrogen-bond donors (Lipinski definition) is 0. The van der Waals surface area contributed by atoms with Crippen LogP contribution in [0, 0.1) is 0 Å². The molecule has 4 rings (SSSR count). The van der Waals surface area contributed by atoms with Gasteiger partial charge in [-0.15, -0.1) is 22.7 Å². The van der Waals surface area contributed by atoms with Crippen molar-refractivity contribution in [2.75, 3.05) is 6.54 Å². The Bertz CT molecular complexity index is 1080. The zero-order valence-corrected chi connectivity index (χ0v) is 26.8. The molecule has 2 atom stereocenters. The van der Waals surface area contributed by atoms with Crippen LogP contribution in [0.1, 0.15) is 82.6 Å². The van der Waals surface area contributed by atoms with Gasteiger partial charge in [-0.25, -0.2) is 19.6 Å². The van der Waals surface area contributed by atoms with Crippen LogP contribution < -0.4 is 0 Å². The molecule has 36 heavy (non-hydrogen) atoms. The maximum Gasteiger partial charge on any atom is 0.410 e. The summed E-state index contributed by atoms with van der Waals surface area (Å²) in [7, 11) is 0. The highest BCUT2D eigenvalue weighted by Crippen LogP contribution is 2.36. The molecule has 8 nitrogen and oxygen atoms in total. The van der Waals surface area contributed by atoms with E-state index in [-0.39, 0.29) is 24.3 Å². The van der Waals surface area contributed by atoms with E-state index in [4.69, 9.17) is 9.47 Å². The lowest BCUT2D eigenvalue weighted by atomic mass is 10.1. The predicted molar refractivity (Wildman–Crippen MR) is 150 cm³/mol. The van der Waals surface area contributed by atoms with Gasteiger partial charge in [0.25, 0.3) is 0 Å². The number of nitrogens with zero attached hydrogens (tertiary/aromatic N) is 4. The van der Waals surface area contributed by atoms with Crippen LogP contribution in [-0.2, 0) is 28.9 Å². The molecule has 2 aromatic heterocycles. The van der Waals surface area contributed by atoms with Crippen LogP contribution >= 0.6 is 54.5 Å². The molecule has 2 aliphatic rings. The highest BCUT2D eigenvalue weighted by molar-refractivity contribution is 9.11. The van der Waals surface area contributed by atoms with E-state index in [0.29, 0.717) is 13.1 Å². The second-order valence-electron chi connectivity index (χ2n) is 10.9. The Hall–Kier alpha value is -1.24. The maximum atomic E-state index is 12.1. The lowest BCUT2D eigenvalue weighted by Gasteiger charge is -2.34. The fourth-order valence-corrected chi connectivity index (χ4v) is 7.12. The van der Waals surface area contributed by atoms with Crippen molar-refractivity contribution in [3.05, 3.63) is 29.0 Å². The normalized spacial score (nSPS) is 19.6. The highest BCUT2D eigenvalue weighted by Gasteiger charge is 2.34. The first-order chi connectivity index (χ1) is 16.5. The Kier molecular flexibility index (Phi) is 9.16. The summed E-state index contributed by atoms with van der Waals surface area (Å²) in [6.45, 7) is 16.6. The summed E-state index contributed by atoms with van der Waals surface area (Å²) in [5.74, 6) is 0. The predicted octanol–water partition coefficient (Wildman–Crippen LogP) is 7.35. The third kappa shape index (κ3) is 7.64. The van der Waals surface area contributed by atoms with E-state index >= 15 is 0 Å². The number of amides is 2. The summed E-state index contributed by atoms with van der Waals surface area (Å²) in [5, 5.41) is 0. The molecule has 0 bridgehead atoms. The number of aromatic nitrogens is 2. The number of ether oxygens (including phenoxy) is 2. The number of halogens is 2. The van der Waals surface area contributed by atoms with E-state index in [9.17, 15) is 9.59 Å². The Morgan fingerprint density at radius 1 is 0.889 bits per heavy atom. The van der Waals surface area contributed by atoms with Crippen molar-refractivity contribution >= 4 is 66.7 Å². The molecule has 2 aromatic rings. The molecule has 2 amide bonds. The van der Waals surface area contributed by atoms with E-state index in [0.717, 1.165) is 41.8 Å². The average molecular weight is 667 g/mol. The van der Waals surface area contributed by atoms with Crippen molar-refractivity contribution in [3.63, 3.8) is 0 Å². The number of carbonyl (C=O) groups excluding carboxylic acids is 2. The molecule has 2 aliphatic heterocycles. The van der Waals surface area contributed by atoms with Crippen molar-refractivity contribution < 1.29 is 19.1 Å². The molecule has 0 N–H and O–H groups in total.